The Balaban J connectivity index is 1.52. The largest absolute Gasteiger partial charge is 0.327 e. The van der Waals surface area contributed by atoms with Crippen molar-refractivity contribution in [2.45, 2.75) is 64.6 Å². The van der Waals surface area contributed by atoms with E-state index in [4.69, 9.17) is 0 Å². The molecule has 0 aliphatic heterocycles. The van der Waals surface area contributed by atoms with Crippen molar-refractivity contribution in [3.63, 3.8) is 0 Å². The first-order valence-electron chi connectivity index (χ1n) is 10.8. The highest BCUT2D eigenvalue weighted by molar-refractivity contribution is 7.99. The molecular weight excluding hydrogens is 422 g/mol. The molecule has 1 aliphatic carbocycles. The number of nitriles is 1. The molecule has 9 heteroatoms. The SMILES string of the molecule is Cc1ccc(-n2nnnc2SCC(=O)Nc2c(C#N)c(C)c(C)n2C2CCCC2)cc1C. The lowest BCUT2D eigenvalue weighted by Crippen LogP contribution is -2.20. The van der Waals surface area contributed by atoms with Gasteiger partial charge in [-0.15, -0.1) is 5.10 Å². The predicted octanol–water partition coefficient (Wildman–Crippen LogP) is 4.42. The number of tetrazole rings is 1. The van der Waals surface area contributed by atoms with Crippen LogP contribution >= 0.6 is 11.8 Å². The second-order valence-corrected chi connectivity index (χ2v) is 9.28. The van der Waals surface area contributed by atoms with Gasteiger partial charge in [0.25, 0.3) is 0 Å². The van der Waals surface area contributed by atoms with E-state index in [2.05, 4.69) is 38.4 Å². The highest BCUT2D eigenvalue weighted by atomic mass is 32.2. The first-order valence-corrected chi connectivity index (χ1v) is 11.8. The van der Waals surface area contributed by atoms with Crippen molar-refractivity contribution in [2.75, 3.05) is 11.1 Å². The molecule has 1 fully saturated rings. The number of thioether (sulfide) groups is 1. The summed E-state index contributed by atoms with van der Waals surface area (Å²) in [7, 11) is 0. The van der Waals surface area contributed by atoms with Gasteiger partial charge in [0.05, 0.1) is 17.0 Å². The van der Waals surface area contributed by atoms with Crippen LogP contribution in [0.25, 0.3) is 5.69 Å². The summed E-state index contributed by atoms with van der Waals surface area (Å²) in [6, 6.07) is 8.62. The van der Waals surface area contributed by atoms with Crippen LogP contribution in [0.2, 0.25) is 0 Å². The summed E-state index contributed by atoms with van der Waals surface area (Å²) in [4.78, 5) is 12.9. The van der Waals surface area contributed by atoms with E-state index >= 15 is 0 Å². The van der Waals surface area contributed by atoms with E-state index in [1.165, 1.54) is 30.2 Å². The Morgan fingerprint density at radius 2 is 1.97 bits per heavy atom. The van der Waals surface area contributed by atoms with E-state index in [9.17, 15) is 10.1 Å². The molecule has 32 heavy (non-hydrogen) atoms. The number of aryl methyl sites for hydroxylation is 2. The van der Waals surface area contributed by atoms with Crippen molar-refractivity contribution in [1.82, 2.24) is 24.8 Å². The fourth-order valence-corrected chi connectivity index (χ4v) is 4.98. The fraction of sp³-hybridized carbons (Fsp3) is 0.435. The Labute approximate surface area is 192 Å². The molecule has 0 spiro atoms. The van der Waals surface area contributed by atoms with Crippen LogP contribution in [0.3, 0.4) is 0 Å². The van der Waals surface area contributed by atoms with Gasteiger partial charge in [-0.2, -0.15) is 9.94 Å². The van der Waals surface area contributed by atoms with Gasteiger partial charge in [-0.3, -0.25) is 4.79 Å². The second-order valence-electron chi connectivity index (χ2n) is 8.33. The number of rotatable bonds is 6. The first kappa shape index (κ1) is 22.1. The van der Waals surface area contributed by atoms with E-state index < -0.39 is 0 Å². The number of benzene rings is 1. The van der Waals surface area contributed by atoms with Crippen molar-refractivity contribution in [3.8, 4) is 11.8 Å². The van der Waals surface area contributed by atoms with Gasteiger partial charge in [0.15, 0.2) is 0 Å². The molecule has 1 saturated carbocycles. The van der Waals surface area contributed by atoms with Crippen molar-refractivity contribution in [1.29, 1.82) is 5.26 Å². The molecule has 166 valence electrons. The highest BCUT2D eigenvalue weighted by Crippen LogP contribution is 2.37. The lowest BCUT2D eigenvalue weighted by atomic mass is 10.1. The van der Waals surface area contributed by atoms with Gasteiger partial charge in [-0.1, -0.05) is 30.7 Å². The molecule has 0 bridgehead atoms. The molecule has 2 heterocycles. The normalized spacial score (nSPS) is 14.0. The molecule has 4 rings (SSSR count). The number of aromatic nitrogens is 5. The predicted molar refractivity (Wildman–Crippen MR) is 124 cm³/mol. The average Bonchev–Trinajstić information content (AvgIpc) is 3.50. The van der Waals surface area contributed by atoms with Crippen LogP contribution in [-0.2, 0) is 4.79 Å². The minimum Gasteiger partial charge on any atom is -0.327 e. The smallest absolute Gasteiger partial charge is 0.235 e. The van der Waals surface area contributed by atoms with Gasteiger partial charge in [0.1, 0.15) is 11.9 Å². The van der Waals surface area contributed by atoms with Crippen molar-refractivity contribution >= 4 is 23.5 Å². The Bertz CT molecular complexity index is 1200. The molecule has 2 aromatic heterocycles. The molecule has 1 aromatic carbocycles. The third-order valence-electron chi connectivity index (χ3n) is 6.32. The molecule has 0 saturated heterocycles. The van der Waals surface area contributed by atoms with E-state index in [0.717, 1.165) is 35.3 Å². The van der Waals surface area contributed by atoms with Crippen molar-refractivity contribution < 1.29 is 4.79 Å². The third kappa shape index (κ3) is 4.15. The van der Waals surface area contributed by atoms with Gasteiger partial charge < -0.3 is 9.88 Å². The number of hydrogen-bond acceptors (Lipinski definition) is 6. The van der Waals surface area contributed by atoms with Gasteiger partial charge in [0.2, 0.25) is 11.1 Å². The molecule has 1 N–H and O–H groups in total. The van der Waals surface area contributed by atoms with E-state index in [0.29, 0.717) is 22.6 Å². The summed E-state index contributed by atoms with van der Waals surface area (Å²) >= 11 is 1.27. The maximum atomic E-state index is 12.9. The van der Waals surface area contributed by atoms with Crippen LogP contribution < -0.4 is 5.32 Å². The van der Waals surface area contributed by atoms with Gasteiger partial charge >= 0.3 is 0 Å². The number of nitrogens with zero attached hydrogens (tertiary/aromatic N) is 6. The van der Waals surface area contributed by atoms with Gasteiger partial charge in [-0.05, 0) is 79.8 Å². The summed E-state index contributed by atoms with van der Waals surface area (Å²) in [6.07, 6.45) is 4.49. The van der Waals surface area contributed by atoms with Crippen LogP contribution in [-0.4, -0.2) is 36.4 Å². The average molecular weight is 450 g/mol. The number of carbonyl (C=O) groups excluding carboxylic acids is 1. The summed E-state index contributed by atoms with van der Waals surface area (Å²) in [5.41, 5.74) is 5.73. The quantitative estimate of drug-likeness (QED) is 0.559. The molecule has 0 atom stereocenters. The summed E-state index contributed by atoms with van der Waals surface area (Å²) in [5.74, 6) is 0.580. The maximum Gasteiger partial charge on any atom is 0.235 e. The zero-order chi connectivity index (χ0) is 22.8. The van der Waals surface area contributed by atoms with Crippen LogP contribution in [0.5, 0.6) is 0 Å². The van der Waals surface area contributed by atoms with Crippen molar-refractivity contribution in [3.05, 3.63) is 46.1 Å². The molecular formula is C23H27N7OS. The fourth-order valence-electron chi connectivity index (χ4n) is 4.29. The van der Waals surface area contributed by atoms with Crippen molar-refractivity contribution in [2.24, 2.45) is 0 Å². The topological polar surface area (TPSA) is 101 Å². The molecule has 1 amide bonds. The first-order chi connectivity index (χ1) is 15.4. The Morgan fingerprint density at radius 1 is 1.22 bits per heavy atom. The summed E-state index contributed by atoms with van der Waals surface area (Å²) in [6.45, 7) is 8.07. The number of anilines is 1. The molecule has 8 nitrogen and oxygen atoms in total. The molecule has 3 aromatic rings. The number of amides is 1. The highest BCUT2D eigenvalue weighted by Gasteiger charge is 2.26. The van der Waals surface area contributed by atoms with Crippen LogP contribution in [0.15, 0.2) is 23.4 Å². The summed E-state index contributed by atoms with van der Waals surface area (Å²) < 4.78 is 3.79. The Morgan fingerprint density at radius 3 is 2.66 bits per heavy atom. The lowest BCUT2D eigenvalue weighted by Gasteiger charge is -2.19. The minimum absolute atomic E-state index is 0.143. The Kier molecular flexibility index (Phi) is 6.33. The zero-order valence-corrected chi connectivity index (χ0v) is 19.7. The van der Waals surface area contributed by atoms with E-state index in [1.54, 1.807) is 4.68 Å². The standard InChI is InChI=1S/C23H27N7OS/c1-14-9-10-19(11-15(14)2)30-23(26-27-28-30)32-13-21(31)25-22-20(12-24)16(3)17(4)29(22)18-7-5-6-8-18/h9-11,18H,5-8,13H2,1-4H3,(H,25,31). The number of carbonyl (C=O) groups is 1. The van der Waals surface area contributed by atoms with Gasteiger partial charge in [0, 0.05) is 11.7 Å². The third-order valence-corrected chi connectivity index (χ3v) is 7.24. The number of hydrogen-bond donors (Lipinski definition) is 1. The van der Waals surface area contributed by atoms with Crippen LogP contribution in [0.1, 0.15) is 59.7 Å². The maximum absolute atomic E-state index is 12.9. The lowest BCUT2D eigenvalue weighted by molar-refractivity contribution is -0.113. The van der Waals surface area contributed by atoms with E-state index in [1.807, 2.05) is 39.0 Å². The zero-order valence-electron chi connectivity index (χ0n) is 18.8. The minimum atomic E-state index is -0.183. The molecule has 0 radical (unpaired) electrons. The Hall–Kier alpha value is -3.12. The summed E-state index contributed by atoms with van der Waals surface area (Å²) in [5, 5.41) is 25.2. The number of nitrogens with one attached hydrogen (secondary N) is 1. The van der Waals surface area contributed by atoms with Crippen LogP contribution in [0, 0.1) is 39.0 Å². The monoisotopic (exact) mass is 449 g/mol. The molecule has 1 aliphatic rings. The van der Waals surface area contributed by atoms with Gasteiger partial charge in [-0.25, -0.2) is 0 Å². The van der Waals surface area contributed by atoms with Crippen LogP contribution in [0.4, 0.5) is 5.82 Å². The molecule has 0 unspecified atom stereocenters. The second kappa shape index (κ2) is 9.17. The van der Waals surface area contributed by atoms with E-state index in [-0.39, 0.29) is 11.7 Å².